The molecule has 0 bridgehead atoms. The Morgan fingerprint density at radius 3 is 2.47 bits per heavy atom. The third-order valence-electron chi connectivity index (χ3n) is 2.70. The highest BCUT2D eigenvalue weighted by atomic mass is 16.6. The van der Waals surface area contributed by atoms with E-state index in [-0.39, 0.29) is 5.56 Å². The Labute approximate surface area is 108 Å². The van der Waals surface area contributed by atoms with E-state index in [2.05, 4.69) is 0 Å². The van der Waals surface area contributed by atoms with E-state index in [1.54, 1.807) is 0 Å². The van der Waals surface area contributed by atoms with E-state index in [0.717, 1.165) is 11.0 Å². The van der Waals surface area contributed by atoms with Crippen LogP contribution in [0.25, 0.3) is 0 Å². The number of phenolic OH excluding ortho intramolecular Hbond substituents is 1. The number of rotatable bonds is 4. The number of carboxylic acids is 1. The molecule has 0 aromatic heterocycles. The standard InChI is InChI=1S/C11H12N2O6/c1-6(11(16)17)12(2)10(15)7-4-3-5-8(9(7)14)13(18)19/h3-6,14H,1-2H3,(H,16,17). The van der Waals surface area contributed by atoms with Gasteiger partial charge in [-0.1, -0.05) is 6.07 Å². The number of aromatic hydroxyl groups is 1. The Kier molecular flexibility index (Phi) is 4.05. The lowest BCUT2D eigenvalue weighted by molar-refractivity contribution is -0.385. The zero-order chi connectivity index (χ0) is 14.7. The lowest BCUT2D eigenvalue weighted by Gasteiger charge is -2.21. The molecular weight excluding hydrogens is 256 g/mol. The molecule has 0 radical (unpaired) electrons. The SMILES string of the molecule is CC(C(=O)O)N(C)C(=O)c1cccc([N+](=O)[O-])c1O. The third kappa shape index (κ3) is 2.79. The average molecular weight is 268 g/mol. The first-order valence-corrected chi connectivity index (χ1v) is 5.23. The van der Waals surface area contributed by atoms with Crippen molar-refractivity contribution in [2.75, 3.05) is 7.05 Å². The molecule has 1 unspecified atom stereocenters. The summed E-state index contributed by atoms with van der Waals surface area (Å²) < 4.78 is 0. The first kappa shape index (κ1) is 14.4. The fraction of sp³-hybridized carbons (Fsp3) is 0.273. The van der Waals surface area contributed by atoms with Crippen LogP contribution in [-0.2, 0) is 4.79 Å². The van der Waals surface area contributed by atoms with Crippen LogP contribution < -0.4 is 0 Å². The van der Waals surface area contributed by atoms with E-state index in [0.29, 0.717) is 0 Å². The van der Waals surface area contributed by atoms with Crippen LogP contribution in [0.5, 0.6) is 5.75 Å². The first-order chi connectivity index (χ1) is 8.77. The molecule has 0 aliphatic carbocycles. The van der Waals surface area contributed by atoms with Crippen molar-refractivity contribution in [2.45, 2.75) is 13.0 Å². The van der Waals surface area contributed by atoms with E-state index in [4.69, 9.17) is 5.11 Å². The Morgan fingerprint density at radius 2 is 2.00 bits per heavy atom. The highest BCUT2D eigenvalue weighted by Gasteiger charge is 2.27. The molecule has 0 aliphatic rings. The minimum Gasteiger partial charge on any atom is -0.502 e. The van der Waals surface area contributed by atoms with Gasteiger partial charge in [-0.25, -0.2) is 4.79 Å². The van der Waals surface area contributed by atoms with Crippen LogP contribution in [0.2, 0.25) is 0 Å². The lowest BCUT2D eigenvalue weighted by Crippen LogP contribution is -2.40. The molecule has 1 rings (SSSR count). The molecule has 19 heavy (non-hydrogen) atoms. The van der Waals surface area contributed by atoms with Crippen LogP contribution in [0.3, 0.4) is 0 Å². The molecule has 8 heteroatoms. The van der Waals surface area contributed by atoms with Gasteiger partial charge in [-0.3, -0.25) is 14.9 Å². The Bertz CT molecular complexity index is 542. The molecule has 0 aliphatic heterocycles. The molecule has 8 nitrogen and oxygen atoms in total. The fourth-order valence-corrected chi connectivity index (χ4v) is 1.38. The summed E-state index contributed by atoms with van der Waals surface area (Å²) in [6, 6.07) is 2.36. The maximum absolute atomic E-state index is 12.0. The summed E-state index contributed by atoms with van der Waals surface area (Å²) in [5, 5.41) is 29.1. The number of hydrogen-bond donors (Lipinski definition) is 2. The number of para-hydroxylation sites is 1. The molecule has 2 N–H and O–H groups in total. The number of benzene rings is 1. The highest BCUT2D eigenvalue weighted by molar-refractivity contribution is 5.99. The van der Waals surface area contributed by atoms with Crippen molar-refractivity contribution in [1.29, 1.82) is 0 Å². The largest absolute Gasteiger partial charge is 0.502 e. The van der Waals surface area contributed by atoms with E-state index in [9.17, 15) is 24.8 Å². The zero-order valence-corrected chi connectivity index (χ0v) is 10.2. The molecule has 102 valence electrons. The maximum atomic E-state index is 12.0. The van der Waals surface area contributed by atoms with Gasteiger partial charge in [-0.05, 0) is 13.0 Å². The van der Waals surface area contributed by atoms with Crippen molar-refractivity contribution < 1.29 is 24.7 Å². The number of carboxylic acid groups (broad SMARTS) is 1. The van der Waals surface area contributed by atoms with Gasteiger partial charge in [0.1, 0.15) is 6.04 Å². The number of likely N-dealkylation sites (N-methyl/N-ethyl adjacent to an activating group) is 1. The minimum atomic E-state index is -1.22. The number of hydrogen-bond acceptors (Lipinski definition) is 5. The summed E-state index contributed by atoms with van der Waals surface area (Å²) in [4.78, 5) is 33.4. The summed E-state index contributed by atoms with van der Waals surface area (Å²) in [5.41, 5.74) is -0.924. The molecule has 1 atom stereocenters. The molecule has 0 spiro atoms. The molecular formula is C11H12N2O6. The number of amides is 1. The normalized spacial score (nSPS) is 11.7. The van der Waals surface area contributed by atoms with Crippen LogP contribution in [-0.4, -0.2) is 45.0 Å². The first-order valence-electron chi connectivity index (χ1n) is 5.23. The van der Waals surface area contributed by atoms with Crippen LogP contribution in [0.15, 0.2) is 18.2 Å². The quantitative estimate of drug-likeness (QED) is 0.616. The van der Waals surface area contributed by atoms with Crippen LogP contribution in [0, 0.1) is 10.1 Å². The highest BCUT2D eigenvalue weighted by Crippen LogP contribution is 2.30. The predicted octanol–water partition coefficient (Wildman–Crippen LogP) is 0.845. The van der Waals surface area contributed by atoms with Gasteiger partial charge in [-0.15, -0.1) is 0 Å². The van der Waals surface area contributed by atoms with E-state index < -0.39 is 34.3 Å². The van der Waals surface area contributed by atoms with Crippen LogP contribution >= 0.6 is 0 Å². The van der Waals surface area contributed by atoms with Gasteiger partial charge in [0.15, 0.2) is 0 Å². The second-order valence-corrected chi connectivity index (χ2v) is 3.86. The summed E-state index contributed by atoms with van der Waals surface area (Å²) in [5.74, 6) is -2.81. The molecule has 0 saturated heterocycles. The second kappa shape index (κ2) is 5.34. The Balaban J connectivity index is 3.17. The van der Waals surface area contributed by atoms with Gasteiger partial charge in [-0.2, -0.15) is 0 Å². The monoisotopic (exact) mass is 268 g/mol. The third-order valence-corrected chi connectivity index (χ3v) is 2.70. The number of carbonyl (C=O) groups is 2. The molecule has 0 fully saturated rings. The number of nitro groups is 1. The minimum absolute atomic E-state index is 0.315. The Hall–Kier alpha value is -2.64. The molecule has 0 heterocycles. The fourth-order valence-electron chi connectivity index (χ4n) is 1.38. The summed E-state index contributed by atoms with van der Waals surface area (Å²) in [6.07, 6.45) is 0. The summed E-state index contributed by atoms with van der Waals surface area (Å²) >= 11 is 0. The van der Waals surface area contributed by atoms with Crippen LogP contribution in [0.1, 0.15) is 17.3 Å². The molecule has 1 amide bonds. The lowest BCUT2D eigenvalue weighted by atomic mass is 10.1. The van der Waals surface area contributed by atoms with Gasteiger partial charge in [0, 0.05) is 13.1 Å². The Morgan fingerprint density at radius 1 is 1.42 bits per heavy atom. The summed E-state index contributed by atoms with van der Waals surface area (Å²) in [6.45, 7) is 1.29. The van der Waals surface area contributed by atoms with Gasteiger partial charge >= 0.3 is 11.7 Å². The van der Waals surface area contributed by atoms with E-state index >= 15 is 0 Å². The maximum Gasteiger partial charge on any atom is 0.326 e. The summed E-state index contributed by atoms with van der Waals surface area (Å²) in [7, 11) is 1.24. The smallest absolute Gasteiger partial charge is 0.326 e. The second-order valence-electron chi connectivity index (χ2n) is 3.86. The van der Waals surface area contributed by atoms with Gasteiger partial charge < -0.3 is 15.1 Å². The zero-order valence-electron chi connectivity index (χ0n) is 10.2. The van der Waals surface area contributed by atoms with Crippen molar-refractivity contribution in [3.8, 4) is 5.75 Å². The number of nitrogens with zero attached hydrogens (tertiary/aromatic N) is 2. The van der Waals surface area contributed by atoms with Gasteiger partial charge in [0.2, 0.25) is 5.75 Å². The molecule has 0 saturated carbocycles. The van der Waals surface area contributed by atoms with E-state index in [1.807, 2.05) is 0 Å². The number of phenols is 1. The van der Waals surface area contributed by atoms with Crippen molar-refractivity contribution in [3.63, 3.8) is 0 Å². The van der Waals surface area contributed by atoms with Gasteiger partial charge in [0.05, 0.1) is 10.5 Å². The van der Waals surface area contributed by atoms with Crippen molar-refractivity contribution in [2.24, 2.45) is 0 Å². The average Bonchev–Trinajstić information content (AvgIpc) is 2.35. The van der Waals surface area contributed by atoms with Crippen molar-refractivity contribution in [1.82, 2.24) is 4.90 Å². The number of aliphatic carboxylic acids is 1. The molecule has 1 aromatic carbocycles. The number of nitro benzene ring substituents is 1. The topological polar surface area (TPSA) is 121 Å². The predicted molar refractivity (Wildman–Crippen MR) is 64.0 cm³/mol. The van der Waals surface area contributed by atoms with Crippen LogP contribution in [0.4, 0.5) is 5.69 Å². The molecule has 1 aromatic rings. The van der Waals surface area contributed by atoms with Gasteiger partial charge in [0.25, 0.3) is 5.91 Å². The van der Waals surface area contributed by atoms with E-state index in [1.165, 1.54) is 26.1 Å². The number of carbonyl (C=O) groups excluding carboxylic acids is 1. The van der Waals surface area contributed by atoms with Crippen molar-refractivity contribution in [3.05, 3.63) is 33.9 Å². The van der Waals surface area contributed by atoms with Crippen molar-refractivity contribution >= 4 is 17.6 Å².